The van der Waals surface area contributed by atoms with Gasteiger partial charge in [0.05, 0.1) is 0 Å². The van der Waals surface area contributed by atoms with Gasteiger partial charge in [-0.1, -0.05) is 12.2 Å². The Balaban J connectivity index is 2.23. The van der Waals surface area contributed by atoms with Crippen LogP contribution in [0.5, 0.6) is 11.6 Å². The highest BCUT2D eigenvalue weighted by molar-refractivity contribution is 7.80. The number of thiocarbonyl (C=S) groups is 1. The zero-order valence-corrected chi connectivity index (χ0v) is 10.5. The molecule has 0 amide bonds. The fourth-order valence-electron chi connectivity index (χ4n) is 1.54. The molecule has 88 valence electrons. The zero-order valence-electron chi connectivity index (χ0n) is 9.65. The summed E-state index contributed by atoms with van der Waals surface area (Å²) >= 11 is 4.95. The van der Waals surface area contributed by atoms with Gasteiger partial charge in [0.1, 0.15) is 10.7 Å². The number of rotatable bonds is 3. The molecule has 0 aliphatic heterocycles. The molecular weight excluding hydrogens is 234 g/mol. The molecule has 0 radical (unpaired) electrons. The van der Waals surface area contributed by atoms with Gasteiger partial charge in [0.2, 0.25) is 5.88 Å². The first-order chi connectivity index (χ1) is 8.06. The number of nitrogens with zero attached hydrogens (tertiary/aromatic N) is 1. The van der Waals surface area contributed by atoms with Crippen molar-refractivity contribution in [3.63, 3.8) is 0 Å². The van der Waals surface area contributed by atoms with Crippen LogP contribution in [-0.4, -0.2) is 15.2 Å². The summed E-state index contributed by atoms with van der Waals surface area (Å²) in [6, 6.07) is 7.40. The second kappa shape index (κ2) is 4.55. The number of benzene rings is 1. The van der Waals surface area contributed by atoms with Crippen molar-refractivity contribution >= 4 is 17.2 Å². The molecule has 2 rings (SSSR count). The Morgan fingerprint density at radius 2 is 2.12 bits per heavy atom. The van der Waals surface area contributed by atoms with E-state index in [0.29, 0.717) is 16.6 Å². The number of nitrogens with two attached hydrogens (primary N) is 1. The summed E-state index contributed by atoms with van der Waals surface area (Å²) < 4.78 is 5.59. The normalized spacial score (nSPS) is 10.2. The molecule has 3 N–H and O–H groups in total. The number of aromatic amines is 1. The minimum absolute atomic E-state index is 0.393. The largest absolute Gasteiger partial charge is 0.438 e. The smallest absolute Gasteiger partial charge is 0.238 e. The van der Waals surface area contributed by atoms with Crippen molar-refractivity contribution < 1.29 is 4.74 Å². The Morgan fingerprint density at radius 3 is 2.65 bits per heavy atom. The minimum Gasteiger partial charge on any atom is -0.438 e. The first kappa shape index (κ1) is 11.6. The molecular formula is C12H13N3OS. The standard InChI is InChI=1S/C12H13N3OS/c1-7-5-9(3-4-10(7)12(13)17)16-11-6-8(2)14-15-11/h3-6H,1-2H3,(H2,13,17)(H,14,15). The van der Waals surface area contributed by atoms with Crippen molar-refractivity contribution in [2.75, 3.05) is 0 Å². The number of hydrogen-bond acceptors (Lipinski definition) is 3. The number of nitrogens with one attached hydrogen (secondary N) is 1. The maximum absolute atomic E-state index is 5.59. The predicted octanol–water partition coefficient (Wildman–Crippen LogP) is 2.45. The van der Waals surface area contributed by atoms with Gasteiger partial charge in [-0.05, 0) is 37.6 Å². The van der Waals surface area contributed by atoms with Gasteiger partial charge in [-0.25, -0.2) is 0 Å². The topological polar surface area (TPSA) is 63.9 Å². The Hall–Kier alpha value is -1.88. The SMILES string of the molecule is Cc1cc(Oc2ccc(C(N)=S)c(C)c2)n[nH]1. The van der Waals surface area contributed by atoms with Gasteiger partial charge in [0, 0.05) is 17.3 Å². The van der Waals surface area contributed by atoms with E-state index in [9.17, 15) is 0 Å². The van der Waals surface area contributed by atoms with Crippen LogP contribution in [0.2, 0.25) is 0 Å². The summed E-state index contributed by atoms with van der Waals surface area (Å²) in [5.41, 5.74) is 8.40. The van der Waals surface area contributed by atoms with Crippen LogP contribution in [-0.2, 0) is 0 Å². The fourth-order valence-corrected chi connectivity index (χ4v) is 1.77. The van der Waals surface area contributed by atoms with Crippen LogP contribution < -0.4 is 10.5 Å². The molecule has 0 atom stereocenters. The minimum atomic E-state index is 0.393. The average molecular weight is 247 g/mol. The lowest BCUT2D eigenvalue weighted by molar-refractivity contribution is 0.461. The molecule has 0 aliphatic carbocycles. The molecule has 1 heterocycles. The lowest BCUT2D eigenvalue weighted by Gasteiger charge is -2.06. The third-order valence-electron chi connectivity index (χ3n) is 2.37. The molecule has 17 heavy (non-hydrogen) atoms. The molecule has 0 saturated carbocycles. The molecule has 4 nitrogen and oxygen atoms in total. The van der Waals surface area contributed by atoms with Gasteiger partial charge < -0.3 is 10.5 Å². The highest BCUT2D eigenvalue weighted by Crippen LogP contribution is 2.22. The first-order valence-electron chi connectivity index (χ1n) is 5.16. The lowest BCUT2D eigenvalue weighted by Crippen LogP contribution is -2.10. The third-order valence-corrected chi connectivity index (χ3v) is 2.59. The van der Waals surface area contributed by atoms with Gasteiger partial charge in [-0.15, -0.1) is 5.10 Å². The van der Waals surface area contributed by atoms with Crippen LogP contribution in [0.3, 0.4) is 0 Å². The number of ether oxygens (including phenoxy) is 1. The molecule has 0 saturated heterocycles. The monoisotopic (exact) mass is 247 g/mol. The summed E-state index contributed by atoms with van der Waals surface area (Å²) in [6.07, 6.45) is 0. The van der Waals surface area contributed by atoms with E-state index in [2.05, 4.69) is 10.2 Å². The zero-order chi connectivity index (χ0) is 12.4. The molecule has 0 spiro atoms. The summed E-state index contributed by atoms with van der Waals surface area (Å²) in [7, 11) is 0. The second-order valence-electron chi connectivity index (χ2n) is 3.83. The molecule has 2 aromatic rings. The van der Waals surface area contributed by atoms with E-state index < -0.39 is 0 Å². The van der Waals surface area contributed by atoms with E-state index in [1.54, 1.807) is 0 Å². The van der Waals surface area contributed by atoms with E-state index >= 15 is 0 Å². The van der Waals surface area contributed by atoms with Crippen LogP contribution in [0, 0.1) is 13.8 Å². The molecule has 5 heteroatoms. The molecule has 0 aliphatic rings. The summed E-state index contributed by atoms with van der Waals surface area (Å²) in [4.78, 5) is 0.393. The van der Waals surface area contributed by atoms with Gasteiger partial charge in [0.15, 0.2) is 0 Å². The number of aromatic nitrogens is 2. The number of aryl methyl sites for hydroxylation is 2. The summed E-state index contributed by atoms with van der Waals surface area (Å²) in [6.45, 7) is 3.86. The van der Waals surface area contributed by atoms with Crippen LogP contribution >= 0.6 is 12.2 Å². The summed E-state index contributed by atoms with van der Waals surface area (Å²) in [5.74, 6) is 1.26. The van der Waals surface area contributed by atoms with Gasteiger partial charge in [-0.3, -0.25) is 5.10 Å². The van der Waals surface area contributed by atoms with Crippen molar-refractivity contribution in [2.45, 2.75) is 13.8 Å². The van der Waals surface area contributed by atoms with Crippen LogP contribution in [0.1, 0.15) is 16.8 Å². The van der Waals surface area contributed by atoms with Crippen molar-refractivity contribution in [3.8, 4) is 11.6 Å². The van der Waals surface area contributed by atoms with E-state index in [4.69, 9.17) is 22.7 Å². The second-order valence-corrected chi connectivity index (χ2v) is 4.27. The van der Waals surface area contributed by atoms with Crippen LogP contribution in [0.15, 0.2) is 24.3 Å². The highest BCUT2D eigenvalue weighted by atomic mass is 32.1. The van der Waals surface area contributed by atoms with Crippen molar-refractivity contribution in [1.82, 2.24) is 10.2 Å². The van der Waals surface area contributed by atoms with Crippen molar-refractivity contribution in [2.24, 2.45) is 5.73 Å². The van der Waals surface area contributed by atoms with Gasteiger partial charge in [0.25, 0.3) is 0 Å². The van der Waals surface area contributed by atoms with Crippen LogP contribution in [0.25, 0.3) is 0 Å². The van der Waals surface area contributed by atoms with E-state index in [-0.39, 0.29) is 0 Å². The Morgan fingerprint density at radius 1 is 1.35 bits per heavy atom. The van der Waals surface area contributed by atoms with Crippen molar-refractivity contribution in [3.05, 3.63) is 41.1 Å². The average Bonchev–Trinajstić information content (AvgIpc) is 2.63. The van der Waals surface area contributed by atoms with E-state index in [0.717, 1.165) is 16.8 Å². The number of hydrogen-bond donors (Lipinski definition) is 2. The third kappa shape index (κ3) is 2.62. The van der Waals surface area contributed by atoms with E-state index in [1.807, 2.05) is 38.1 Å². The Bertz CT molecular complexity index is 563. The quantitative estimate of drug-likeness (QED) is 0.818. The number of H-pyrrole nitrogens is 1. The molecule has 1 aromatic heterocycles. The molecule has 0 fully saturated rings. The maximum atomic E-state index is 5.59. The van der Waals surface area contributed by atoms with Crippen LogP contribution in [0.4, 0.5) is 0 Å². The summed E-state index contributed by atoms with van der Waals surface area (Å²) in [5, 5.41) is 6.82. The fraction of sp³-hybridized carbons (Fsp3) is 0.167. The predicted molar refractivity (Wildman–Crippen MR) is 70.5 cm³/mol. The van der Waals surface area contributed by atoms with E-state index in [1.165, 1.54) is 0 Å². The lowest BCUT2D eigenvalue weighted by atomic mass is 10.1. The van der Waals surface area contributed by atoms with Gasteiger partial charge in [-0.2, -0.15) is 0 Å². The Labute approximate surface area is 105 Å². The highest BCUT2D eigenvalue weighted by Gasteiger charge is 2.05. The van der Waals surface area contributed by atoms with Crippen molar-refractivity contribution in [1.29, 1.82) is 0 Å². The van der Waals surface area contributed by atoms with Gasteiger partial charge >= 0.3 is 0 Å². The Kier molecular flexibility index (Phi) is 3.10. The molecule has 0 bridgehead atoms. The molecule has 0 unspecified atom stereocenters. The first-order valence-corrected chi connectivity index (χ1v) is 5.57. The molecule has 1 aromatic carbocycles. The maximum Gasteiger partial charge on any atom is 0.238 e.